The smallest absolute Gasteiger partial charge is 0.322 e. The molecule has 5 nitrogen and oxygen atoms in total. The lowest BCUT2D eigenvalue weighted by molar-refractivity contribution is -0.137. The number of aliphatic carboxylic acids is 1. The molecule has 21 heavy (non-hydrogen) atoms. The SMILES string of the molecule is O=C(O)CC1CSCCN1C(=O)Nc1ccc(F)c(Cl)c1. The molecule has 0 aliphatic carbocycles. The Hall–Kier alpha value is -1.47. The van der Waals surface area contributed by atoms with Crippen molar-refractivity contribution in [1.29, 1.82) is 0 Å². The molecule has 1 unspecified atom stereocenters. The molecule has 1 aliphatic rings. The van der Waals surface area contributed by atoms with Gasteiger partial charge in [0, 0.05) is 23.7 Å². The normalized spacial score (nSPS) is 18.4. The standard InChI is InChI=1S/C13H14ClFN2O3S/c14-10-5-8(1-2-11(10)15)16-13(20)17-3-4-21-7-9(17)6-12(18)19/h1-2,5,9H,3-4,6-7H2,(H,16,20)(H,18,19). The number of hydrogen-bond acceptors (Lipinski definition) is 3. The van der Waals surface area contributed by atoms with Crippen LogP contribution in [0.3, 0.4) is 0 Å². The third-order valence-corrected chi connectivity index (χ3v) is 4.45. The number of benzene rings is 1. The number of rotatable bonds is 3. The van der Waals surface area contributed by atoms with Crippen LogP contribution in [0.5, 0.6) is 0 Å². The number of carbonyl (C=O) groups is 2. The first-order chi connectivity index (χ1) is 9.97. The minimum Gasteiger partial charge on any atom is -0.481 e. The summed E-state index contributed by atoms with van der Waals surface area (Å²) in [5.74, 6) is -0.157. The van der Waals surface area contributed by atoms with E-state index in [0.717, 1.165) is 5.75 Å². The molecule has 2 amide bonds. The Morgan fingerprint density at radius 1 is 1.52 bits per heavy atom. The molecular weight excluding hydrogens is 319 g/mol. The number of hydrogen-bond donors (Lipinski definition) is 2. The fourth-order valence-electron chi connectivity index (χ4n) is 2.06. The molecule has 0 saturated carbocycles. The predicted molar refractivity (Wildman–Crippen MR) is 80.5 cm³/mol. The van der Waals surface area contributed by atoms with Crippen LogP contribution >= 0.6 is 23.4 Å². The van der Waals surface area contributed by atoms with Crippen LogP contribution in [0.2, 0.25) is 5.02 Å². The van der Waals surface area contributed by atoms with Crippen LogP contribution in [0.1, 0.15) is 6.42 Å². The van der Waals surface area contributed by atoms with Gasteiger partial charge in [0.2, 0.25) is 0 Å². The van der Waals surface area contributed by atoms with E-state index in [1.165, 1.54) is 23.1 Å². The molecule has 1 heterocycles. The Balaban J connectivity index is 2.06. The first-order valence-corrected chi connectivity index (χ1v) is 7.83. The molecule has 1 atom stereocenters. The van der Waals surface area contributed by atoms with Gasteiger partial charge in [0.1, 0.15) is 5.82 Å². The van der Waals surface area contributed by atoms with E-state index in [1.807, 2.05) is 0 Å². The summed E-state index contributed by atoms with van der Waals surface area (Å²) in [5, 5.41) is 11.4. The van der Waals surface area contributed by atoms with Gasteiger partial charge in [-0.05, 0) is 18.2 Å². The monoisotopic (exact) mass is 332 g/mol. The minimum atomic E-state index is -0.940. The number of carboxylic acid groups (broad SMARTS) is 1. The number of amides is 2. The van der Waals surface area contributed by atoms with Crippen LogP contribution in [0.25, 0.3) is 0 Å². The number of carboxylic acids is 1. The van der Waals surface area contributed by atoms with Gasteiger partial charge in [0.25, 0.3) is 0 Å². The Bertz CT molecular complexity index is 558. The van der Waals surface area contributed by atoms with Crippen molar-refractivity contribution in [3.05, 3.63) is 29.0 Å². The van der Waals surface area contributed by atoms with Crippen molar-refractivity contribution in [2.24, 2.45) is 0 Å². The van der Waals surface area contributed by atoms with Crippen LogP contribution in [-0.4, -0.2) is 46.1 Å². The van der Waals surface area contributed by atoms with Gasteiger partial charge in [0.15, 0.2) is 0 Å². The number of anilines is 1. The largest absolute Gasteiger partial charge is 0.481 e. The second-order valence-electron chi connectivity index (χ2n) is 4.58. The van der Waals surface area contributed by atoms with Crippen molar-refractivity contribution >= 4 is 41.1 Å². The minimum absolute atomic E-state index is 0.0796. The van der Waals surface area contributed by atoms with Gasteiger partial charge in [0.05, 0.1) is 17.5 Å². The highest BCUT2D eigenvalue weighted by Crippen LogP contribution is 2.22. The first-order valence-electron chi connectivity index (χ1n) is 6.29. The molecule has 2 rings (SSSR count). The molecule has 2 N–H and O–H groups in total. The van der Waals surface area contributed by atoms with Crippen molar-refractivity contribution in [2.75, 3.05) is 23.4 Å². The maximum absolute atomic E-state index is 13.1. The van der Waals surface area contributed by atoms with Crippen molar-refractivity contribution in [2.45, 2.75) is 12.5 Å². The lowest BCUT2D eigenvalue weighted by Crippen LogP contribution is -2.48. The Morgan fingerprint density at radius 2 is 2.29 bits per heavy atom. The van der Waals surface area contributed by atoms with E-state index in [1.54, 1.807) is 11.8 Å². The molecule has 0 aromatic heterocycles. The van der Waals surface area contributed by atoms with Crippen LogP contribution in [-0.2, 0) is 4.79 Å². The zero-order valence-electron chi connectivity index (χ0n) is 11.0. The van der Waals surface area contributed by atoms with Gasteiger partial charge in [-0.2, -0.15) is 11.8 Å². The third kappa shape index (κ3) is 4.25. The van der Waals surface area contributed by atoms with E-state index >= 15 is 0 Å². The third-order valence-electron chi connectivity index (χ3n) is 3.07. The quantitative estimate of drug-likeness (QED) is 0.893. The Labute approximate surface area is 130 Å². The van der Waals surface area contributed by atoms with Crippen LogP contribution in [0.4, 0.5) is 14.9 Å². The summed E-state index contributed by atoms with van der Waals surface area (Å²) in [4.78, 5) is 24.6. The summed E-state index contributed by atoms with van der Waals surface area (Å²) in [6.45, 7) is 0.476. The first kappa shape index (κ1) is 15.9. The highest BCUT2D eigenvalue weighted by atomic mass is 35.5. The molecule has 1 aromatic rings. The number of nitrogens with one attached hydrogen (secondary N) is 1. The van der Waals surface area contributed by atoms with Gasteiger partial charge in [-0.3, -0.25) is 4.79 Å². The van der Waals surface area contributed by atoms with Crippen LogP contribution in [0.15, 0.2) is 18.2 Å². The molecule has 1 aliphatic heterocycles. The van der Waals surface area contributed by atoms with Gasteiger partial charge < -0.3 is 15.3 Å². The highest BCUT2D eigenvalue weighted by molar-refractivity contribution is 7.99. The van der Waals surface area contributed by atoms with E-state index in [-0.39, 0.29) is 17.5 Å². The maximum atomic E-state index is 13.1. The lowest BCUT2D eigenvalue weighted by atomic mass is 10.2. The van der Waals surface area contributed by atoms with Gasteiger partial charge in [-0.1, -0.05) is 11.6 Å². The van der Waals surface area contributed by atoms with Crippen molar-refractivity contribution in [3.8, 4) is 0 Å². The number of nitrogens with zero attached hydrogens (tertiary/aromatic N) is 1. The van der Waals surface area contributed by atoms with Crippen molar-refractivity contribution in [3.63, 3.8) is 0 Å². The Kier molecular flexibility index (Phi) is 5.30. The summed E-state index contributed by atoms with van der Waals surface area (Å²) in [7, 11) is 0. The summed E-state index contributed by atoms with van der Waals surface area (Å²) < 4.78 is 13.1. The average molecular weight is 333 g/mol. The lowest BCUT2D eigenvalue weighted by Gasteiger charge is -2.34. The van der Waals surface area contributed by atoms with E-state index in [4.69, 9.17) is 16.7 Å². The van der Waals surface area contributed by atoms with E-state index in [2.05, 4.69) is 5.32 Å². The van der Waals surface area contributed by atoms with E-state index in [9.17, 15) is 14.0 Å². The maximum Gasteiger partial charge on any atom is 0.322 e. The van der Waals surface area contributed by atoms with Gasteiger partial charge >= 0.3 is 12.0 Å². The molecule has 1 aromatic carbocycles. The summed E-state index contributed by atoms with van der Waals surface area (Å²) >= 11 is 7.28. The highest BCUT2D eigenvalue weighted by Gasteiger charge is 2.28. The topological polar surface area (TPSA) is 69.6 Å². The molecule has 0 bridgehead atoms. The molecule has 8 heteroatoms. The summed E-state index contributed by atoms with van der Waals surface area (Å²) in [5.41, 5.74) is 0.374. The second-order valence-corrected chi connectivity index (χ2v) is 6.14. The van der Waals surface area contributed by atoms with Gasteiger partial charge in [-0.25, -0.2) is 9.18 Å². The van der Waals surface area contributed by atoms with E-state index < -0.39 is 17.8 Å². The number of carbonyl (C=O) groups excluding carboxylic acids is 1. The van der Waals surface area contributed by atoms with Crippen LogP contribution in [0, 0.1) is 5.82 Å². The summed E-state index contributed by atoms with van der Waals surface area (Å²) in [6, 6.07) is 3.14. The molecule has 1 fully saturated rings. The fourth-order valence-corrected chi connectivity index (χ4v) is 3.30. The van der Waals surface area contributed by atoms with Crippen LogP contribution < -0.4 is 5.32 Å². The zero-order chi connectivity index (χ0) is 15.4. The zero-order valence-corrected chi connectivity index (χ0v) is 12.6. The second kappa shape index (κ2) is 7.00. The number of urea groups is 1. The Morgan fingerprint density at radius 3 is 2.95 bits per heavy atom. The summed E-state index contributed by atoms with van der Waals surface area (Å²) in [6.07, 6.45) is -0.0927. The molecule has 114 valence electrons. The molecule has 1 saturated heterocycles. The van der Waals surface area contributed by atoms with Gasteiger partial charge in [-0.15, -0.1) is 0 Å². The van der Waals surface area contributed by atoms with E-state index in [0.29, 0.717) is 18.0 Å². The average Bonchev–Trinajstić information content (AvgIpc) is 2.43. The van der Waals surface area contributed by atoms with Crippen molar-refractivity contribution in [1.82, 2.24) is 4.90 Å². The molecule has 0 spiro atoms. The number of thioether (sulfide) groups is 1. The molecular formula is C13H14ClFN2O3S. The molecule has 0 radical (unpaired) electrons. The fraction of sp³-hybridized carbons (Fsp3) is 0.385. The van der Waals surface area contributed by atoms with Crippen molar-refractivity contribution < 1.29 is 19.1 Å². The number of halogens is 2. The predicted octanol–water partition coefficient (Wildman–Crippen LogP) is 2.90.